The molecule has 0 aliphatic rings. The van der Waals surface area contributed by atoms with Crippen LogP contribution in [0.25, 0.3) is 0 Å². The van der Waals surface area contributed by atoms with Gasteiger partial charge in [0.1, 0.15) is 12.2 Å². The van der Waals surface area contributed by atoms with Crippen molar-refractivity contribution in [3.05, 3.63) is 12.2 Å². The summed E-state index contributed by atoms with van der Waals surface area (Å²) in [4.78, 5) is 4.18. The summed E-state index contributed by atoms with van der Waals surface area (Å²) in [6.45, 7) is 8.37. The van der Waals surface area contributed by atoms with Crippen molar-refractivity contribution in [1.29, 1.82) is 0 Å². The normalized spacial score (nSPS) is 13.2. The van der Waals surface area contributed by atoms with Crippen LogP contribution >= 0.6 is 0 Å². The Bertz CT molecular complexity index is 309. The van der Waals surface area contributed by atoms with Crippen molar-refractivity contribution >= 4 is 0 Å². The minimum absolute atomic E-state index is 0.275. The molecule has 1 aromatic rings. The maximum Gasteiger partial charge on any atom is 0.140 e. The molecule has 17 heavy (non-hydrogen) atoms. The van der Waals surface area contributed by atoms with Gasteiger partial charge in [-0.2, -0.15) is 5.10 Å². The molecule has 5 heteroatoms. The number of nitrogens with one attached hydrogen (secondary N) is 1. The molecule has 0 aromatic carbocycles. The number of aromatic nitrogens is 3. The second-order valence-corrected chi connectivity index (χ2v) is 4.27. The van der Waals surface area contributed by atoms with Crippen LogP contribution in [-0.4, -0.2) is 32.5 Å². The lowest BCUT2D eigenvalue weighted by Gasteiger charge is -2.20. The van der Waals surface area contributed by atoms with Crippen molar-refractivity contribution < 1.29 is 5.11 Å². The Balaban J connectivity index is 2.32. The second-order valence-electron chi connectivity index (χ2n) is 4.27. The minimum atomic E-state index is -0.275. The van der Waals surface area contributed by atoms with E-state index in [1.807, 2.05) is 11.6 Å². The predicted octanol–water partition coefficient (Wildman–Crippen LogP) is 1.18. The van der Waals surface area contributed by atoms with Crippen LogP contribution in [0.4, 0.5) is 0 Å². The molecule has 0 amide bonds. The number of aryl methyl sites for hydroxylation is 1. The quantitative estimate of drug-likeness (QED) is 0.716. The number of hydrogen-bond donors (Lipinski definition) is 2. The van der Waals surface area contributed by atoms with E-state index in [1.54, 1.807) is 6.33 Å². The molecule has 1 heterocycles. The smallest absolute Gasteiger partial charge is 0.140 e. The number of aliphatic hydroxyl groups excluding tert-OH is 1. The van der Waals surface area contributed by atoms with Gasteiger partial charge in [0.15, 0.2) is 0 Å². The van der Waals surface area contributed by atoms with Gasteiger partial charge in [-0.25, -0.2) is 9.67 Å². The third-order valence-electron chi connectivity index (χ3n) is 3.22. The molecule has 0 saturated heterocycles. The van der Waals surface area contributed by atoms with Crippen molar-refractivity contribution in [3.8, 4) is 0 Å². The molecule has 2 N–H and O–H groups in total. The fourth-order valence-corrected chi connectivity index (χ4v) is 2.02. The zero-order valence-corrected chi connectivity index (χ0v) is 11.1. The summed E-state index contributed by atoms with van der Waals surface area (Å²) in [5, 5.41) is 17.3. The molecule has 0 saturated carbocycles. The first-order valence-electron chi connectivity index (χ1n) is 6.48. The molecule has 1 rings (SSSR count). The van der Waals surface area contributed by atoms with Gasteiger partial charge in [-0.15, -0.1) is 0 Å². The van der Waals surface area contributed by atoms with Gasteiger partial charge < -0.3 is 10.4 Å². The molecule has 1 unspecified atom stereocenters. The third-order valence-corrected chi connectivity index (χ3v) is 3.22. The molecule has 98 valence electrons. The van der Waals surface area contributed by atoms with Gasteiger partial charge in [-0.05, 0) is 12.8 Å². The van der Waals surface area contributed by atoms with Crippen LogP contribution in [0.5, 0.6) is 0 Å². The Morgan fingerprint density at radius 1 is 1.35 bits per heavy atom. The van der Waals surface area contributed by atoms with Crippen LogP contribution in [0.1, 0.15) is 39.4 Å². The summed E-state index contributed by atoms with van der Waals surface area (Å²) in [6.07, 6.45) is 3.33. The van der Waals surface area contributed by atoms with Gasteiger partial charge in [-0.3, -0.25) is 0 Å². The lowest BCUT2D eigenvalue weighted by atomic mass is 9.97. The molecule has 1 atom stereocenters. The largest absolute Gasteiger partial charge is 0.392 e. The number of rotatable bonds is 8. The first-order chi connectivity index (χ1) is 8.22. The molecule has 0 radical (unpaired) electrons. The summed E-state index contributed by atoms with van der Waals surface area (Å²) >= 11 is 0. The first kappa shape index (κ1) is 14.1. The molecule has 0 aliphatic heterocycles. The number of nitrogens with zero attached hydrogens (tertiary/aromatic N) is 3. The van der Waals surface area contributed by atoms with Gasteiger partial charge in [0.05, 0.1) is 12.6 Å². The Morgan fingerprint density at radius 2 is 2.06 bits per heavy atom. The van der Waals surface area contributed by atoms with E-state index in [2.05, 4.69) is 29.2 Å². The van der Waals surface area contributed by atoms with Crippen LogP contribution in [0, 0.1) is 5.92 Å². The maximum atomic E-state index is 9.96. The summed E-state index contributed by atoms with van der Waals surface area (Å²) in [7, 11) is 0. The molecular formula is C12H24N4O. The molecular weight excluding hydrogens is 216 g/mol. The van der Waals surface area contributed by atoms with Gasteiger partial charge in [0, 0.05) is 13.1 Å². The Hall–Kier alpha value is -0.940. The van der Waals surface area contributed by atoms with Gasteiger partial charge >= 0.3 is 0 Å². The van der Waals surface area contributed by atoms with Gasteiger partial charge in [-0.1, -0.05) is 26.7 Å². The monoisotopic (exact) mass is 240 g/mol. The average molecular weight is 240 g/mol. The maximum absolute atomic E-state index is 9.96. The van der Waals surface area contributed by atoms with Crippen LogP contribution in [0.3, 0.4) is 0 Å². The van der Waals surface area contributed by atoms with E-state index in [-0.39, 0.29) is 6.10 Å². The summed E-state index contributed by atoms with van der Waals surface area (Å²) in [6, 6.07) is 0. The van der Waals surface area contributed by atoms with E-state index in [4.69, 9.17) is 0 Å². The van der Waals surface area contributed by atoms with Crippen LogP contribution in [0.2, 0.25) is 0 Å². The lowest BCUT2D eigenvalue weighted by Crippen LogP contribution is -2.32. The summed E-state index contributed by atoms with van der Waals surface area (Å²) < 4.78 is 1.86. The van der Waals surface area contributed by atoms with Gasteiger partial charge in [0.2, 0.25) is 0 Å². The average Bonchev–Trinajstić information content (AvgIpc) is 2.78. The van der Waals surface area contributed by atoms with Crippen molar-refractivity contribution in [1.82, 2.24) is 20.1 Å². The Kier molecular flexibility index (Phi) is 6.15. The predicted molar refractivity (Wildman–Crippen MR) is 67.5 cm³/mol. The third kappa shape index (κ3) is 4.09. The van der Waals surface area contributed by atoms with Crippen molar-refractivity contribution in [3.63, 3.8) is 0 Å². The van der Waals surface area contributed by atoms with E-state index >= 15 is 0 Å². The zero-order valence-electron chi connectivity index (χ0n) is 11.1. The summed E-state index contributed by atoms with van der Waals surface area (Å²) in [5.41, 5.74) is 0. The SMILES string of the molecule is CCC(CC)C(O)CNCc1ncnn1CC. The fraction of sp³-hybridized carbons (Fsp3) is 0.833. The minimum Gasteiger partial charge on any atom is -0.392 e. The van der Waals surface area contributed by atoms with E-state index in [0.717, 1.165) is 25.2 Å². The van der Waals surface area contributed by atoms with Crippen LogP contribution in [0.15, 0.2) is 6.33 Å². The van der Waals surface area contributed by atoms with E-state index in [1.165, 1.54) is 0 Å². The van der Waals surface area contributed by atoms with Crippen LogP contribution in [-0.2, 0) is 13.1 Å². The van der Waals surface area contributed by atoms with Crippen molar-refractivity contribution in [2.24, 2.45) is 5.92 Å². The van der Waals surface area contributed by atoms with E-state index in [9.17, 15) is 5.11 Å². The van der Waals surface area contributed by atoms with Gasteiger partial charge in [0.25, 0.3) is 0 Å². The highest BCUT2D eigenvalue weighted by Gasteiger charge is 2.15. The topological polar surface area (TPSA) is 63.0 Å². The number of aliphatic hydroxyl groups is 1. The molecule has 5 nitrogen and oxygen atoms in total. The first-order valence-corrected chi connectivity index (χ1v) is 6.48. The van der Waals surface area contributed by atoms with Crippen molar-refractivity contribution in [2.45, 2.75) is 52.8 Å². The second kappa shape index (κ2) is 7.40. The highest BCUT2D eigenvalue weighted by molar-refractivity contribution is 4.83. The van der Waals surface area contributed by atoms with Crippen LogP contribution < -0.4 is 5.32 Å². The highest BCUT2D eigenvalue weighted by atomic mass is 16.3. The molecule has 0 bridgehead atoms. The van der Waals surface area contributed by atoms with Crippen molar-refractivity contribution in [2.75, 3.05) is 6.54 Å². The van der Waals surface area contributed by atoms with E-state index in [0.29, 0.717) is 19.0 Å². The molecule has 0 aliphatic carbocycles. The highest BCUT2D eigenvalue weighted by Crippen LogP contribution is 2.12. The lowest BCUT2D eigenvalue weighted by molar-refractivity contribution is 0.101. The van der Waals surface area contributed by atoms with E-state index < -0.39 is 0 Å². The Morgan fingerprint density at radius 3 is 2.65 bits per heavy atom. The molecule has 1 aromatic heterocycles. The zero-order chi connectivity index (χ0) is 12.7. The molecule has 0 spiro atoms. The summed E-state index contributed by atoms with van der Waals surface area (Å²) in [5.74, 6) is 1.30. The Labute approximate surface area is 103 Å². The standard InChI is InChI=1S/C12H24N4O/c1-4-10(5-2)11(17)7-13-8-12-14-9-15-16(12)6-3/h9-11,13,17H,4-8H2,1-3H3. The fourth-order valence-electron chi connectivity index (χ4n) is 2.02. The molecule has 0 fully saturated rings. The number of hydrogen-bond acceptors (Lipinski definition) is 4.